The van der Waals surface area contributed by atoms with Gasteiger partial charge in [-0.25, -0.2) is 9.48 Å². The third kappa shape index (κ3) is 4.19. The molecule has 0 aliphatic carbocycles. The summed E-state index contributed by atoms with van der Waals surface area (Å²) in [5.41, 5.74) is -0.800. The molecule has 7 heteroatoms. The number of nitrogens with one attached hydrogen (secondary N) is 1. The van der Waals surface area contributed by atoms with Gasteiger partial charge in [-0.05, 0) is 40.3 Å². The van der Waals surface area contributed by atoms with Gasteiger partial charge in [-0.2, -0.15) is 0 Å². The zero-order valence-electron chi connectivity index (χ0n) is 13.0. The molecule has 1 rings (SSSR count). The fourth-order valence-electron chi connectivity index (χ4n) is 1.76. The highest BCUT2D eigenvalue weighted by Crippen LogP contribution is 1.98. The average Bonchev–Trinajstić information content (AvgIpc) is 2.41. The fourth-order valence-corrected chi connectivity index (χ4v) is 1.76. The lowest BCUT2D eigenvalue weighted by atomic mass is 10.2. The van der Waals surface area contributed by atoms with Crippen molar-refractivity contribution in [3.63, 3.8) is 0 Å². The van der Waals surface area contributed by atoms with Crippen LogP contribution >= 0.6 is 0 Å². The summed E-state index contributed by atoms with van der Waals surface area (Å²) in [7, 11) is 5.09. The molecule has 0 spiro atoms. The molecule has 0 amide bonds. The summed E-state index contributed by atoms with van der Waals surface area (Å²) in [5.74, 6) is 0.229. The Bertz CT molecular complexity index is 547. The standard InChI is InChI=1S/C13H25N5O2/c1-10(2)16(3)9-7-6-8-14-11-12(19)17(4)13(20)18(5)15-11/h10H,6-9H2,1-5H3,(H,14,15). The predicted molar refractivity (Wildman–Crippen MR) is 80.2 cm³/mol. The number of hydrogen-bond acceptors (Lipinski definition) is 5. The molecule has 0 aliphatic rings. The third-order valence-electron chi connectivity index (χ3n) is 3.43. The van der Waals surface area contributed by atoms with Gasteiger partial charge in [0.1, 0.15) is 0 Å². The van der Waals surface area contributed by atoms with Crippen molar-refractivity contribution in [3.8, 4) is 0 Å². The van der Waals surface area contributed by atoms with E-state index in [0.29, 0.717) is 12.6 Å². The molecule has 0 aliphatic heterocycles. The second-order valence-corrected chi connectivity index (χ2v) is 5.33. The van der Waals surface area contributed by atoms with Gasteiger partial charge < -0.3 is 10.2 Å². The molecule has 0 saturated carbocycles. The second kappa shape index (κ2) is 7.23. The van der Waals surface area contributed by atoms with E-state index in [1.54, 1.807) is 0 Å². The van der Waals surface area contributed by atoms with E-state index in [9.17, 15) is 9.59 Å². The van der Waals surface area contributed by atoms with Crippen LogP contribution in [0.5, 0.6) is 0 Å². The monoisotopic (exact) mass is 283 g/mol. The van der Waals surface area contributed by atoms with Crippen molar-refractivity contribution < 1.29 is 0 Å². The van der Waals surface area contributed by atoms with Crippen molar-refractivity contribution in [1.82, 2.24) is 19.2 Å². The van der Waals surface area contributed by atoms with Gasteiger partial charge in [0.25, 0.3) is 5.56 Å². The first-order valence-corrected chi connectivity index (χ1v) is 6.93. The molecule has 114 valence electrons. The molecule has 1 aromatic rings. The van der Waals surface area contributed by atoms with Gasteiger partial charge in [0.05, 0.1) is 0 Å². The van der Waals surface area contributed by atoms with Crippen LogP contribution in [0.3, 0.4) is 0 Å². The zero-order chi connectivity index (χ0) is 15.3. The summed E-state index contributed by atoms with van der Waals surface area (Å²) >= 11 is 0. The minimum Gasteiger partial charge on any atom is -0.364 e. The second-order valence-electron chi connectivity index (χ2n) is 5.33. The topological polar surface area (TPSA) is 72.2 Å². The van der Waals surface area contributed by atoms with E-state index in [0.717, 1.165) is 28.6 Å². The highest BCUT2D eigenvalue weighted by atomic mass is 16.2. The Morgan fingerprint density at radius 1 is 1.25 bits per heavy atom. The lowest BCUT2D eigenvalue weighted by Crippen LogP contribution is -2.40. The van der Waals surface area contributed by atoms with Crippen LogP contribution in [-0.4, -0.2) is 45.4 Å². The first-order chi connectivity index (χ1) is 9.34. The SMILES string of the molecule is CC(C)N(C)CCCCNc1nn(C)c(=O)n(C)c1=O. The summed E-state index contributed by atoms with van der Waals surface area (Å²) in [6.45, 7) is 6.02. The van der Waals surface area contributed by atoms with E-state index in [1.165, 1.54) is 14.1 Å². The van der Waals surface area contributed by atoms with Crippen LogP contribution in [-0.2, 0) is 14.1 Å². The van der Waals surface area contributed by atoms with E-state index < -0.39 is 5.69 Å². The van der Waals surface area contributed by atoms with Gasteiger partial charge in [-0.1, -0.05) is 0 Å². The summed E-state index contributed by atoms with van der Waals surface area (Å²) in [4.78, 5) is 25.6. The maximum absolute atomic E-state index is 11.8. The van der Waals surface area contributed by atoms with E-state index in [4.69, 9.17) is 0 Å². The lowest BCUT2D eigenvalue weighted by Gasteiger charge is -2.20. The van der Waals surface area contributed by atoms with Crippen LogP contribution in [0.15, 0.2) is 9.59 Å². The third-order valence-corrected chi connectivity index (χ3v) is 3.43. The highest BCUT2D eigenvalue weighted by molar-refractivity contribution is 5.29. The molecule has 1 heterocycles. The minimum atomic E-state index is -0.417. The van der Waals surface area contributed by atoms with Crippen LogP contribution in [0.2, 0.25) is 0 Å². The van der Waals surface area contributed by atoms with Crippen molar-refractivity contribution in [2.75, 3.05) is 25.5 Å². The summed E-state index contributed by atoms with van der Waals surface area (Å²) in [6, 6.07) is 0.542. The smallest absolute Gasteiger partial charge is 0.346 e. The Hall–Kier alpha value is -1.63. The molecule has 0 fully saturated rings. The predicted octanol–water partition coefficient (Wildman–Crippen LogP) is 0.0113. The minimum absolute atomic E-state index is 0.229. The molecule has 0 unspecified atom stereocenters. The van der Waals surface area contributed by atoms with Gasteiger partial charge in [-0.3, -0.25) is 9.36 Å². The maximum Gasteiger partial charge on any atom is 0.346 e. The number of hydrogen-bond donors (Lipinski definition) is 1. The molecule has 1 N–H and O–H groups in total. The van der Waals surface area contributed by atoms with Crippen molar-refractivity contribution in [3.05, 3.63) is 20.8 Å². The van der Waals surface area contributed by atoms with Crippen LogP contribution in [0, 0.1) is 0 Å². The Balaban J connectivity index is 2.48. The molecular weight excluding hydrogens is 258 g/mol. The number of aryl methyl sites for hydroxylation is 1. The van der Waals surface area contributed by atoms with Gasteiger partial charge in [-0.15, -0.1) is 5.10 Å². The number of nitrogens with zero attached hydrogens (tertiary/aromatic N) is 4. The van der Waals surface area contributed by atoms with E-state index in [-0.39, 0.29) is 11.4 Å². The Morgan fingerprint density at radius 2 is 1.90 bits per heavy atom. The molecule has 0 radical (unpaired) electrons. The summed E-state index contributed by atoms with van der Waals surface area (Å²) in [5, 5.41) is 6.95. The average molecular weight is 283 g/mol. The van der Waals surface area contributed by atoms with Crippen molar-refractivity contribution in [2.45, 2.75) is 32.7 Å². The first-order valence-electron chi connectivity index (χ1n) is 6.93. The van der Waals surface area contributed by atoms with Crippen LogP contribution in [0.25, 0.3) is 0 Å². The van der Waals surface area contributed by atoms with Gasteiger partial charge in [0.2, 0.25) is 5.82 Å². The lowest BCUT2D eigenvalue weighted by molar-refractivity contribution is 0.269. The molecule has 0 bridgehead atoms. The van der Waals surface area contributed by atoms with E-state index in [2.05, 4.69) is 36.2 Å². The zero-order valence-corrected chi connectivity index (χ0v) is 13.0. The fraction of sp³-hybridized carbons (Fsp3) is 0.769. The van der Waals surface area contributed by atoms with Crippen LogP contribution in [0.4, 0.5) is 5.82 Å². The molecule has 0 aromatic carbocycles. The van der Waals surface area contributed by atoms with Crippen molar-refractivity contribution in [2.24, 2.45) is 14.1 Å². The number of aromatic nitrogens is 3. The van der Waals surface area contributed by atoms with Crippen LogP contribution in [0.1, 0.15) is 26.7 Å². The summed E-state index contributed by atoms with van der Waals surface area (Å²) < 4.78 is 2.22. The molecule has 0 atom stereocenters. The maximum atomic E-state index is 11.8. The van der Waals surface area contributed by atoms with Gasteiger partial charge in [0.15, 0.2) is 0 Å². The first kappa shape index (κ1) is 16.4. The van der Waals surface area contributed by atoms with E-state index >= 15 is 0 Å². The largest absolute Gasteiger partial charge is 0.364 e. The number of anilines is 1. The number of unbranched alkanes of at least 4 members (excludes halogenated alkanes) is 1. The molecule has 20 heavy (non-hydrogen) atoms. The van der Waals surface area contributed by atoms with Crippen molar-refractivity contribution in [1.29, 1.82) is 0 Å². The van der Waals surface area contributed by atoms with Gasteiger partial charge in [0, 0.05) is 26.7 Å². The Labute approximate surface area is 119 Å². The quantitative estimate of drug-likeness (QED) is 0.714. The Kier molecular flexibility index (Phi) is 5.94. The molecular formula is C13H25N5O2. The van der Waals surface area contributed by atoms with E-state index in [1.807, 2.05) is 0 Å². The molecule has 1 aromatic heterocycles. The van der Waals surface area contributed by atoms with Gasteiger partial charge >= 0.3 is 5.69 Å². The summed E-state index contributed by atoms with van der Waals surface area (Å²) in [6.07, 6.45) is 2.00. The molecule has 7 nitrogen and oxygen atoms in total. The van der Waals surface area contributed by atoms with Crippen LogP contribution < -0.4 is 16.6 Å². The van der Waals surface area contributed by atoms with Crippen molar-refractivity contribution >= 4 is 5.82 Å². The normalized spacial score (nSPS) is 11.3. The Morgan fingerprint density at radius 3 is 2.50 bits per heavy atom. The highest BCUT2D eigenvalue weighted by Gasteiger charge is 2.07. The molecule has 0 saturated heterocycles. The number of rotatable bonds is 7.